The molecule has 2 unspecified atom stereocenters. The molecular formula is C35H58N6O6S. The Morgan fingerprint density at radius 1 is 1.02 bits per heavy atom. The van der Waals surface area contributed by atoms with Crippen LogP contribution in [0.5, 0.6) is 0 Å². The predicted octanol–water partition coefficient (Wildman–Crippen LogP) is 2.35. The first-order valence-electron chi connectivity index (χ1n) is 17.3. The largest absolute Gasteiger partial charge is 0.349 e. The van der Waals surface area contributed by atoms with Crippen molar-refractivity contribution in [3.63, 3.8) is 0 Å². The van der Waals surface area contributed by atoms with Crippen LogP contribution in [0, 0.1) is 40.4 Å². The molecule has 0 bridgehead atoms. The molecule has 0 aromatic rings. The number of amides is 5. The van der Waals surface area contributed by atoms with Gasteiger partial charge in [-0.3, -0.25) is 19.2 Å². The van der Waals surface area contributed by atoms with Crippen molar-refractivity contribution in [2.75, 3.05) is 31.9 Å². The summed E-state index contributed by atoms with van der Waals surface area (Å²) in [5, 5.41) is 11.3. The van der Waals surface area contributed by atoms with E-state index in [-0.39, 0.29) is 47.5 Å². The summed E-state index contributed by atoms with van der Waals surface area (Å²) in [5.41, 5.74) is -1.31. The maximum Gasteiger partial charge on any atom is 0.315 e. The second-order valence-corrected chi connectivity index (χ2v) is 18.0. The number of likely N-dealkylation sites (tertiary alicyclic amines) is 1. The van der Waals surface area contributed by atoms with Crippen molar-refractivity contribution < 1.29 is 28.2 Å². The molecule has 3 fully saturated rings. The molecule has 7 atom stereocenters. The van der Waals surface area contributed by atoms with Crippen LogP contribution in [0.25, 0.3) is 0 Å². The summed E-state index contributed by atoms with van der Waals surface area (Å²) in [6.45, 7) is 19.4. The van der Waals surface area contributed by atoms with Crippen LogP contribution < -0.4 is 21.3 Å². The summed E-state index contributed by atoms with van der Waals surface area (Å²) in [6, 6.07) is -3.87. The van der Waals surface area contributed by atoms with Gasteiger partial charge in [-0.2, -0.15) is 0 Å². The number of hydrogen-bond acceptors (Lipinski definition) is 6. The summed E-state index contributed by atoms with van der Waals surface area (Å²) in [6.07, 6.45) is 8.04. The van der Waals surface area contributed by atoms with Gasteiger partial charge < -0.3 is 26.2 Å². The van der Waals surface area contributed by atoms with E-state index >= 15 is 0 Å². The normalized spacial score (nSPS) is 25.5. The number of hydrogen-bond donors (Lipinski definition) is 4. The highest BCUT2D eigenvalue weighted by atomic mass is 32.2. The summed E-state index contributed by atoms with van der Waals surface area (Å²) >= 11 is 0. The van der Waals surface area contributed by atoms with Crippen molar-refractivity contribution >= 4 is 40.5 Å². The quantitative estimate of drug-likeness (QED) is 0.172. The number of carbonyl (C=O) groups excluding carboxylic acids is 5. The van der Waals surface area contributed by atoms with Gasteiger partial charge in [-0.05, 0) is 53.8 Å². The number of carbonyl (C=O) groups is 5. The minimum atomic E-state index is -1.13. The van der Waals surface area contributed by atoms with E-state index in [9.17, 15) is 28.2 Å². The highest BCUT2D eigenvalue weighted by molar-refractivity contribution is 7.82. The number of terminal acetylenes is 1. The van der Waals surface area contributed by atoms with Crippen LogP contribution in [0.2, 0.25) is 0 Å². The molecule has 2 saturated heterocycles. The number of fused-ring (bicyclic) bond motifs is 1. The Hall–Kier alpha value is -2.98. The predicted molar refractivity (Wildman–Crippen MR) is 187 cm³/mol. The van der Waals surface area contributed by atoms with E-state index in [2.05, 4.69) is 41.0 Å². The van der Waals surface area contributed by atoms with E-state index in [1.165, 1.54) is 0 Å². The minimum Gasteiger partial charge on any atom is -0.349 e. The highest BCUT2D eigenvalue weighted by Gasteiger charge is 2.61. The van der Waals surface area contributed by atoms with E-state index in [0.717, 1.165) is 12.8 Å². The van der Waals surface area contributed by atoms with E-state index in [1.54, 1.807) is 4.90 Å². The van der Waals surface area contributed by atoms with Gasteiger partial charge in [0.15, 0.2) is 0 Å². The van der Waals surface area contributed by atoms with Crippen LogP contribution in [-0.2, 0) is 30.2 Å². The molecular weight excluding hydrogens is 632 g/mol. The van der Waals surface area contributed by atoms with Crippen molar-refractivity contribution in [2.45, 2.75) is 119 Å². The zero-order chi connectivity index (χ0) is 36.2. The fourth-order valence-electron chi connectivity index (χ4n) is 7.26. The third-order valence-corrected chi connectivity index (χ3v) is 11.5. The van der Waals surface area contributed by atoms with Crippen LogP contribution >= 0.6 is 0 Å². The maximum atomic E-state index is 14.5. The lowest BCUT2D eigenvalue weighted by atomic mass is 9.55. The second kappa shape index (κ2) is 15.7. The molecule has 0 aromatic carbocycles. The monoisotopic (exact) mass is 690 g/mol. The van der Waals surface area contributed by atoms with Gasteiger partial charge in [-0.15, -0.1) is 12.3 Å². The summed E-state index contributed by atoms with van der Waals surface area (Å²) in [5.74, 6) is 0.543. The molecule has 13 heteroatoms. The zero-order valence-corrected chi connectivity index (χ0v) is 31.2. The van der Waals surface area contributed by atoms with E-state index in [0.29, 0.717) is 38.4 Å². The highest BCUT2D eigenvalue weighted by Crippen LogP contribution is 2.57. The van der Waals surface area contributed by atoms with Crippen molar-refractivity contribution in [1.29, 1.82) is 0 Å². The van der Waals surface area contributed by atoms with Crippen LogP contribution in [0.3, 0.4) is 0 Å². The lowest BCUT2D eigenvalue weighted by molar-refractivity contribution is -0.146. The first-order valence-corrected chi connectivity index (χ1v) is 18.6. The van der Waals surface area contributed by atoms with E-state index in [4.69, 9.17) is 6.42 Å². The lowest BCUT2D eigenvalue weighted by Crippen LogP contribution is -2.63. The maximum absolute atomic E-state index is 14.5. The molecule has 3 rings (SSSR count). The van der Waals surface area contributed by atoms with Crippen molar-refractivity contribution in [1.82, 2.24) is 30.5 Å². The fraction of sp³-hybridized carbons (Fsp3) is 0.800. The molecule has 3 aliphatic rings. The Kier molecular flexibility index (Phi) is 12.9. The Labute approximate surface area is 289 Å². The molecule has 0 radical (unpaired) electrons. The van der Waals surface area contributed by atoms with Crippen molar-refractivity contribution in [3.05, 3.63) is 0 Å². The van der Waals surface area contributed by atoms with Crippen LogP contribution in [0.4, 0.5) is 4.79 Å². The average Bonchev–Trinajstić information content (AvgIpc) is 3.55. The zero-order valence-electron chi connectivity index (χ0n) is 30.4. The standard InChI is InChI=1S/C35H58N6O6S/c1-11-13-15-23(27(42)30(44)36-16-12-2)37-29(43)26-25-22(19-35(25,9)10)20-41(26)31(45)28(34(6,7)8)39-32(46)38-24(33(3,4)5)21-40-17-14-18-48(40)47/h1,22-26,28H,12-21H2,2-10H3,(H,36,44)(H,37,43)(H2,38,39,46)/t22-,23?,24+,25-,26-,28+,48?/m0/s1. The molecule has 1 saturated carbocycles. The van der Waals surface area contributed by atoms with Crippen LogP contribution in [0.15, 0.2) is 0 Å². The van der Waals surface area contributed by atoms with Gasteiger partial charge in [0, 0.05) is 44.4 Å². The van der Waals surface area contributed by atoms with Gasteiger partial charge in [-0.1, -0.05) is 62.3 Å². The van der Waals surface area contributed by atoms with Gasteiger partial charge in [0.1, 0.15) is 12.1 Å². The molecule has 12 nitrogen and oxygen atoms in total. The Balaban J connectivity index is 1.85. The number of Topliss-reactive ketones (excluding diaryl/α,β-unsaturated/α-hetero) is 1. The SMILES string of the molecule is C#CCCC(NC(=O)[C@@H]1[C@@H]2[C@H](CN1C(=O)[C@@H](NC(=O)N[C@H](CN1CCCS1=O)C(C)(C)C)C(C)(C)C)CC2(C)C)C(=O)C(=O)NCCC. The Morgan fingerprint density at radius 2 is 1.69 bits per heavy atom. The van der Waals surface area contributed by atoms with Gasteiger partial charge in [0.25, 0.3) is 5.91 Å². The molecule has 2 heterocycles. The molecule has 5 amide bonds. The number of urea groups is 1. The average molecular weight is 691 g/mol. The minimum absolute atomic E-state index is 0.0773. The molecule has 0 aromatic heterocycles. The summed E-state index contributed by atoms with van der Waals surface area (Å²) in [4.78, 5) is 69.4. The number of rotatable bonds is 13. The number of ketones is 1. The number of nitrogens with one attached hydrogen (secondary N) is 4. The second-order valence-electron chi connectivity index (χ2n) is 16.4. The van der Waals surface area contributed by atoms with E-state index in [1.807, 2.05) is 52.8 Å². The summed E-state index contributed by atoms with van der Waals surface area (Å²) < 4.78 is 14.3. The topological polar surface area (TPSA) is 157 Å². The Morgan fingerprint density at radius 3 is 2.21 bits per heavy atom. The van der Waals surface area contributed by atoms with Gasteiger partial charge >= 0.3 is 6.03 Å². The molecule has 4 N–H and O–H groups in total. The van der Waals surface area contributed by atoms with Gasteiger partial charge in [-0.25, -0.2) is 13.3 Å². The Bertz CT molecular complexity index is 1300. The molecule has 48 heavy (non-hydrogen) atoms. The smallest absolute Gasteiger partial charge is 0.315 e. The number of nitrogens with zero attached hydrogens (tertiary/aromatic N) is 2. The van der Waals surface area contributed by atoms with Gasteiger partial charge in [0.2, 0.25) is 17.6 Å². The molecule has 270 valence electrons. The lowest BCUT2D eigenvalue weighted by Gasteiger charge is -2.49. The van der Waals surface area contributed by atoms with Crippen molar-refractivity contribution in [2.24, 2.45) is 28.1 Å². The molecule has 1 aliphatic carbocycles. The van der Waals surface area contributed by atoms with E-state index < -0.39 is 58.2 Å². The third kappa shape index (κ3) is 9.37. The molecule has 0 spiro atoms. The fourth-order valence-corrected chi connectivity index (χ4v) is 8.55. The first kappa shape index (κ1) is 39.5. The van der Waals surface area contributed by atoms with Gasteiger partial charge in [0.05, 0.1) is 17.0 Å². The van der Waals surface area contributed by atoms with Crippen LogP contribution in [0.1, 0.15) is 94.4 Å². The van der Waals surface area contributed by atoms with Crippen molar-refractivity contribution in [3.8, 4) is 12.3 Å². The third-order valence-electron chi connectivity index (χ3n) is 9.97. The molecule has 2 aliphatic heterocycles. The van der Waals surface area contributed by atoms with Crippen LogP contribution in [-0.4, -0.2) is 99.0 Å². The first-order chi connectivity index (χ1) is 22.2. The summed E-state index contributed by atoms with van der Waals surface area (Å²) in [7, 11) is -1.08.